The lowest BCUT2D eigenvalue weighted by molar-refractivity contribution is -0.137. The number of piperazine rings is 1. The summed E-state index contributed by atoms with van der Waals surface area (Å²) >= 11 is 3.23. The molecule has 1 unspecified atom stereocenters. The maximum atomic E-state index is 12.5. The van der Waals surface area contributed by atoms with Gasteiger partial charge < -0.3 is 0 Å². The highest BCUT2D eigenvalue weighted by molar-refractivity contribution is 9.10. The molecule has 0 radical (unpaired) electrons. The second kappa shape index (κ2) is 5.63. The van der Waals surface area contributed by atoms with Crippen LogP contribution in [0.2, 0.25) is 0 Å². The van der Waals surface area contributed by atoms with E-state index in [9.17, 15) is 18.0 Å². The van der Waals surface area contributed by atoms with Crippen molar-refractivity contribution in [1.82, 2.24) is 9.62 Å². The normalized spacial score (nSPS) is 20.8. The molecular weight excluding hydrogens is 348 g/mol. The number of carbonyl (C=O) groups excluding carboxylic acids is 2. The molecule has 6 nitrogen and oxygen atoms in total. The summed E-state index contributed by atoms with van der Waals surface area (Å²) < 4.78 is 26.8. The molecule has 108 valence electrons. The van der Waals surface area contributed by atoms with Crippen LogP contribution in [0.3, 0.4) is 0 Å². The van der Waals surface area contributed by atoms with Gasteiger partial charge in [0, 0.05) is 4.47 Å². The molecule has 0 bridgehead atoms. The van der Waals surface area contributed by atoms with E-state index in [-0.39, 0.29) is 11.4 Å². The van der Waals surface area contributed by atoms with Crippen molar-refractivity contribution in [2.75, 3.05) is 6.54 Å². The van der Waals surface area contributed by atoms with Crippen molar-refractivity contribution >= 4 is 37.8 Å². The Hall–Kier alpha value is -1.25. The van der Waals surface area contributed by atoms with Crippen LogP contribution in [-0.4, -0.2) is 37.1 Å². The Morgan fingerprint density at radius 1 is 1.30 bits per heavy atom. The number of sulfonamides is 1. The van der Waals surface area contributed by atoms with Gasteiger partial charge in [-0.15, -0.1) is 0 Å². The largest absolute Gasteiger partial charge is 0.294 e. The molecule has 1 saturated heterocycles. The van der Waals surface area contributed by atoms with Crippen LogP contribution in [0.5, 0.6) is 0 Å². The molecule has 1 aliphatic rings. The van der Waals surface area contributed by atoms with E-state index >= 15 is 0 Å². The van der Waals surface area contributed by atoms with Crippen molar-refractivity contribution < 1.29 is 18.0 Å². The molecule has 1 fully saturated rings. The summed E-state index contributed by atoms with van der Waals surface area (Å²) in [5, 5.41) is 2.15. The Bertz CT molecular complexity index is 642. The van der Waals surface area contributed by atoms with Crippen LogP contribution in [-0.2, 0) is 19.6 Å². The highest BCUT2D eigenvalue weighted by atomic mass is 79.9. The number of imide groups is 1. The molecule has 1 N–H and O–H groups in total. The van der Waals surface area contributed by atoms with Gasteiger partial charge in [0.15, 0.2) is 0 Å². The van der Waals surface area contributed by atoms with Gasteiger partial charge in [-0.05, 0) is 30.7 Å². The summed E-state index contributed by atoms with van der Waals surface area (Å²) in [6.45, 7) is 1.35. The van der Waals surface area contributed by atoms with Crippen molar-refractivity contribution in [1.29, 1.82) is 0 Å². The average molecular weight is 361 g/mol. The monoisotopic (exact) mass is 360 g/mol. The molecule has 1 aliphatic heterocycles. The van der Waals surface area contributed by atoms with E-state index in [0.29, 0.717) is 6.42 Å². The zero-order valence-electron chi connectivity index (χ0n) is 10.7. The standard InChI is InChI=1S/C12H13BrN2O4S/c1-2-10-12(17)14-11(16)7-15(10)20(18,19)9-5-3-8(13)4-6-9/h3-6,10H,2,7H2,1H3,(H,14,16,17). The minimum absolute atomic E-state index is 0.0571. The van der Waals surface area contributed by atoms with Gasteiger partial charge in [0.2, 0.25) is 21.8 Å². The van der Waals surface area contributed by atoms with E-state index in [1.807, 2.05) is 0 Å². The molecular formula is C12H13BrN2O4S. The molecule has 1 atom stereocenters. The molecule has 1 heterocycles. The highest BCUT2D eigenvalue weighted by Crippen LogP contribution is 2.23. The van der Waals surface area contributed by atoms with Gasteiger partial charge in [0.1, 0.15) is 6.04 Å². The minimum Gasteiger partial charge on any atom is -0.294 e. The number of hydrogen-bond donors (Lipinski definition) is 1. The number of hydrogen-bond acceptors (Lipinski definition) is 4. The van der Waals surface area contributed by atoms with Crippen molar-refractivity contribution in [2.45, 2.75) is 24.3 Å². The van der Waals surface area contributed by atoms with Crippen LogP contribution >= 0.6 is 15.9 Å². The third kappa shape index (κ3) is 2.77. The topological polar surface area (TPSA) is 83.6 Å². The predicted molar refractivity (Wildman–Crippen MR) is 75.3 cm³/mol. The van der Waals surface area contributed by atoms with Gasteiger partial charge in [0.05, 0.1) is 11.4 Å². The molecule has 0 spiro atoms. The van der Waals surface area contributed by atoms with Crippen LogP contribution in [0.15, 0.2) is 33.6 Å². The van der Waals surface area contributed by atoms with E-state index in [1.165, 1.54) is 12.1 Å². The van der Waals surface area contributed by atoms with Gasteiger partial charge in [-0.3, -0.25) is 14.9 Å². The molecule has 0 aromatic heterocycles. The zero-order valence-corrected chi connectivity index (χ0v) is 13.1. The van der Waals surface area contributed by atoms with Crippen molar-refractivity contribution in [3.63, 3.8) is 0 Å². The fraction of sp³-hybridized carbons (Fsp3) is 0.333. The van der Waals surface area contributed by atoms with E-state index in [0.717, 1.165) is 8.78 Å². The van der Waals surface area contributed by atoms with E-state index in [4.69, 9.17) is 0 Å². The molecule has 8 heteroatoms. The quantitative estimate of drug-likeness (QED) is 0.810. The van der Waals surface area contributed by atoms with Crippen molar-refractivity contribution in [2.24, 2.45) is 0 Å². The SMILES string of the molecule is CCC1C(=O)NC(=O)CN1S(=O)(=O)c1ccc(Br)cc1. The Kier molecular flexibility index (Phi) is 4.26. The Morgan fingerprint density at radius 3 is 2.45 bits per heavy atom. The fourth-order valence-electron chi connectivity index (χ4n) is 2.03. The summed E-state index contributed by atoms with van der Waals surface area (Å²) in [5.41, 5.74) is 0. The highest BCUT2D eigenvalue weighted by Gasteiger charge is 2.40. The summed E-state index contributed by atoms with van der Waals surface area (Å²) in [6, 6.07) is 5.20. The van der Waals surface area contributed by atoms with Gasteiger partial charge >= 0.3 is 0 Å². The van der Waals surface area contributed by atoms with Gasteiger partial charge in [-0.25, -0.2) is 8.42 Å². The summed E-state index contributed by atoms with van der Waals surface area (Å²) in [4.78, 5) is 23.2. The molecule has 0 aliphatic carbocycles. The molecule has 2 rings (SSSR count). The van der Waals surface area contributed by atoms with Gasteiger partial charge in [0.25, 0.3) is 0 Å². The number of carbonyl (C=O) groups is 2. The number of nitrogens with zero attached hydrogens (tertiary/aromatic N) is 1. The first-order chi connectivity index (χ1) is 9.36. The first-order valence-electron chi connectivity index (χ1n) is 5.97. The first-order valence-corrected chi connectivity index (χ1v) is 8.20. The van der Waals surface area contributed by atoms with Crippen LogP contribution in [0.1, 0.15) is 13.3 Å². The molecule has 1 aromatic rings. The van der Waals surface area contributed by atoms with Gasteiger partial charge in [-0.1, -0.05) is 22.9 Å². The van der Waals surface area contributed by atoms with E-state index in [2.05, 4.69) is 21.2 Å². The minimum atomic E-state index is -3.88. The van der Waals surface area contributed by atoms with Crippen molar-refractivity contribution in [3.05, 3.63) is 28.7 Å². The average Bonchev–Trinajstić information content (AvgIpc) is 2.38. The van der Waals surface area contributed by atoms with E-state index in [1.54, 1.807) is 19.1 Å². The van der Waals surface area contributed by atoms with Gasteiger partial charge in [-0.2, -0.15) is 4.31 Å². The predicted octanol–water partition coefficient (Wildman–Crippen LogP) is 0.875. The maximum Gasteiger partial charge on any atom is 0.245 e. The summed E-state index contributed by atoms with van der Waals surface area (Å²) in [5.74, 6) is -1.19. The number of amides is 2. The number of rotatable bonds is 3. The second-order valence-electron chi connectivity index (χ2n) is 4.34. The van der Waals surface area contributed by atoms with E-state index < -0.39 is 27.9 Å². The smallest absolute Gasteiger partial charge is 0.245 e. The third-order valence-electron chi connectivity index (χ3n) is 3.02. The van der Waals surface area contributed by atoms with Crippen LogP contribution < -0.4 is 5.32 Å². The Labute approximate surface area is 125 Å². The van der Waals surface area contributed by atoms with Crippen LogP contribution in [0.4, 0.5) is 0 Å². The van der Waals surface area contributed by atoms with Crippen LogP contribution in [0.25, 0.3) is 0 Å². The first kappa shape index (κ1) is 15.1. The molecule has 1 aromatic carbocycles. The second-order valence-corrected chi connectivity index (χ2v) is 7.15. The Balaban J connectivity index is 2.43. The number of benzene rings is 1. The maximum absolute atomic E-state index is 12.5. The molecule has 2 amide bonds. The lowest BCUT2D eigenvalue weighted by Gasteiger charge is -2.32. The fourth-order valence-corrected chi connectivity index (χ4v) is 3.91. The van der Waals surface area contributed by atoms with Crippen molar-refractivity contribution in [3.8, 4) is 0 Å². The summed E-state index contributed by atoms with van der Waals surface area (Å²) in [7, 11) is -3.88. The van der Waals surface area contributed by atoms with Crippen LogP contribution in [0, 0.1) is 0 Å². The Morgan fingerprint density at radius 2 is 1.90 bits per heavy atom. The molecule has 0 saturated carbocycles. The number of nitrogens with one attached hydrogen (secondary N) is 1. The third-order valence-corrected chi connectivity index (χ3v) is 5.42. The number of halogens is 1. The zero-order chi connectivity index (χ0) is 14.9. The lowest BCUT2D eigenvalue weighted by Crippen LogP contribution is -2.59. The molecule has 20 heavy (non-hydrogen) atoms. The summed E-state index contributed by atoms with van der Waals surface area (Å²) in [6.07, 6.45) is 0.300. The lowest BCUT2D eigenvalue weighted by atomic mass is 10.2.